The van der Waals surface area contributed by atoms with E-state index >= 15 is 0 Å². The summed E-state index contributed by atoms with van der Waals surface area (Å²) in [4.78, 5) is 44.7. The Morgan fingerprint density at radius 2 is 2.03 bits per heavy atom. The van der Waals surface area contributed by atoms with Gasteiger partial charge in [-0.05, 0) is 50.7 Å². The number of amides is 1. The summed E-state index contributed by atoms with van der Waals surface area (Å²) >= 11 is 1.27. The molecule has 3 rings (SSSR count). The number of thioether (sulfide) groups is 1. The Morgan fingerprint density at radius 3 is 2.77 bits per heavy atom. The molecule has 2 aromatic rings. The minimum absolute atomic E-state index is 0.0800. The van der Waals surface area contributed by atoms with Gasteiger partial charge in [-0.2, -0.15) is 0 Å². The standard InChI is InChI=1S/C23H31N3O4S/c1-4-30-22(29)19-11-7-8-13-25(19)20(27)15-31-23-24-18-10-6-5-9-17(18)21(28)26(23)14-12-16(2)3/h5-6,9-10,16,19H,4,7-8,11-15H2,1-3H3/t19-/m1/s1. The first-order valence-corrected chi connectivity index (χ1v) is 12.0. The van der Waals surface area contributed by atoms with Crippen molar-refractivity contribution in [2.75, 3.05) is 18.9 Å². The maximum absolute atomic E-state index is 13.1. The number of piperidine rings is 1. The Balaban J connectivity index is 1.81. The first kappa shape index (κ1) is 23.3. The molecule has 0 spiro atoms. The maximum atomic E-state index is 13.1. The van der Waals surface area contributed by atoms with Crippen LogP contribution in [-0.4, -0.2) is 51.3 Å². The van der Waals surface area contributed by atoms with Crippen molar-refractivity contribution in [2.24, 2.45) is 5.92 Å². The van der Waals surface area contributed by atoms with Crippen molar-refractivity contribution in [2.45, 2.75) is 64.2 Å². The van der Waals surface area contributed by atoms with E-state index in [1.807, 2.05) is 18.2 Å². The first-order valence-electron chi connectivity index (χ1n) is 11.0. The van der Waals surface area contributed by atoms with Crippen molar-refractivity contribution in [3.05, 3.63) is 34.6 Å². The summed E-state index contributed by atoms with van der Waals surface area (Å²) in [5.41, 5.74) is 0.550. The molecule has 0 radical (unpaired) electrons. The van der Waals surface area contributed by atoms with Crippen LogP contribution in [-0.2, 0) is 20.9 Å². The van der Waals surface area contributed by atoms with Gasteiger partial charge in [0.25, 0.3) is 5.56 Å². The Kier molecular flexibility index (Phi) is 8.12. The summed E-state index contributed by atoms with van der Waals surface area (Å²) in [5, 5.41) is 1.13. The Labute approximate surface area is 187 Å². The molecule has 168 valence electrons. The predicted octanol–water partition coefficient (Wildman–Crippen LogP) is 3.48. The fraction of sp³-hybridized carbons (Fsp3) is 0.565. The van der Waals surface area contributed by atoms with Crippen LogP contribution in [0.1, 0.15) is 46.5 Å². The van der Waals surface area contributed by atoms with Gasteiger partial charge in [0, 0.05) is 13.1 Å². The minimum atomic E-state index is -0.519. The molecule has 0 unspecified atom stereocenters. The van der Waals surface area contributed by atoms with Crippen molar-refractivity contribution in [1.82, 2.24) is 14.5 Å². The van der Waals surface area contributed by atoms with Crippen molar-refractivity contribution in [3.8, 4) is 0 Å². The van der Waals surface area contributed by atoms with E-state index < -0.39 is 6.04 Å². The van der Waals surface area contributed by atoms with Crippen LogP contribution in [0.3, 0.4) is 0 Å². The summed E-state index contributed by atoms with van der Waals surface area (Å²) in [6.07, 6.45) is 3.25. The molecule has 1 aromatic carbocycles. The number of carbonyl (C=O) groups excluding carboxylic acids is 2. The molecule has 0 saturated carbocycles. The highest BCUT2D eigenvalue weighted by molar-refractivity contribution is 7.99. The van der Waals surface area contributed by atoms with Gasteiger partial charge in [-0.25, -0.2) is 9.78 Å². The molecule has 1 aromatic heterocycles. The molecule has 1 atom stereocenters. The zero-order valence-corrected chi connectivity index (χ0v) is 19.3. The Bertz CT molecular complexity index is 988. The highest BCUT2D eigenvalue weighted by atomic mass is 32.2. The molecule has 1 amide bonds. The molecular formula is C23H31N3O4S. The van der Waals surface area contributed by atoms with Crippen LogP contribution in [0.2, 0.25) is 0 Å². The number of likely N-dealkylation sites (tertiary alicyclic amines) is 1. The van der Waals surface area contributed by atoms with Crippen molar-refractivity contribution >= 4 is 34.5 Å². The largest absolute Gasteiger partial charge is 0.464 e. The molecule has 7 nitrogen and oxygen atoms in total. The van der Waals surface area contributed by atoms with Crippen LogP contribution in [0.25, 0.3) is 10.9 Å². The SMILES string of the molecule is CCOC(=O)[C@H]1CCCCN1C(=O)CSc1nc2ccccc2c(=O)n1CCC(C)C. The van der Waals surface area contributed by atoms with Gasteiger partial charge in [0.2, 0.25) is 5.91 Å². The summed E-state index contributed by atoms with van der Waals surface area (Å²) in [6.45, 7) is 7.40. The van der Waals surface area contributed by atoms with Crippen molar-refractivity contribution in [3.63, 3.8) is 0 Å². The van der Waals surface area contributed by atoms with E-state index in [4.69, 9.17) is 4.74 Å². The van der Waals surface area contributed by atoms with E-state index in [0.29, 0.717) is 48.1 Å². The predicted molar refractivity (Wildman–Crippen MR) is 122 cm³/mol. The van der Waals surface area contributed by atoms with E-state index in [1.54, 1.807) is 22.5 Å². The van der Waals surface area contributed by atoms with E-state index in [9.17, 15) is 14.4 Å². The van der Waals surface area contributed by atoms with E-state index in [1.165, 1.54) is 11.8 Å². The molecule has 0 bridgehead atoms. The number of rotatable bonds is 8. The van der Waals surface area contributed by atoms with Gasteiger partial charge >= 0.3 is 5.97 Å². The maximum Gasteiger partial charge on any atom is 0.328 e. The number of para-hydroxylation sites is 1. The minimum Gasteiger partial charge on any atom is -0.464 e. The highest BCUT2D eigenvalue weighted by Crippen LogP contribution is 2.23. The number of fused-ring (bicyclic) bond motifs is 1. The van der Waals surface area contributed by atoms with Gasteiger partial charge < -0.3 is 9.64 Å². The number of ether oxygens (including phenoxy) is 1. The van der Waals surface area contributed by atoms with E-state index in [2.05, 4.69) is 18.8 Å². The smallest absolute Gasteiger partial charge is 0.328 e. The first-order chi connectivity index (χ1) is 14.9. The average molecular weight is 446 g/mol. The second-order valence-corrected chi connectivity index (χ2v) is 9.13. The summed E-state index contributed by atoms with van der Waals surface area (Å²) in [5.74, 6) is 0.109. The lowest BCUT2D eigenvalue weighted by molar-refractivity contribution is -0.155. The molecule has 1 aliphatic heterocycles. The third-order valence-electron chi connectivity index (χ3n) is 5.46. The van der Waals surface area contributed by atoms with Gasteiger partial charge in [-0.15, -0.1) is 0 Å². The van der Waals surface area contributed by atoms with E-state index in [0.717, 1.165) is 19.3 Å². The van der Waals surface area contributed by atoms with Gasteiger partial charge in [-0.3, -0.25) is 14.2 Å². The lowest BCUT2D eigenvalue weighted by Crippen LogP contribution is -2.49. The van der Waals surface area contributed by atoms with Gasteiger partial charge in [0.05, 0.1) is 23.3 Å². The van der Waals surface area contributed by atoms with Gasteiger partial charge in [-0.1, -0.05) is 37.7 Å². The highest BCUT2D eigenvalue weighted by Gasteiger charge is 2.33. The van der Waals surface area contributed by atoms with Crippen LogP contribution >= 0.6 is 11.8 Å². The number of hydrogen-bond acceptors (Lipinski definition) is 6. The Morgan fingerprint density at radius 1 is 1.26 bits per heavy atom. The number of hydrogen-bond donors (Lipinski definition) is 0. The molecule has 2 heterocycles. The summed E-state index contributed by atoms with van der Waals surface area (Å²) < 4.78 is 6.84. The van der Waals surface area contributed by atoms with Crippen LogP contribution in [0.4, 0.5) is 0 Å². The molecule has 0 N–H and O–H groups in total. The van der Waals surface area contributed by atoms with Crippen molar-refractivity contribution < 1.29 is 14.3 Å². The molecule has 1 aliphatic rings. The second kappa shape index (κ2) is 10.8. The second-order valence-electron chi connectivity index (χ2n) is 8.19. The number of carbonyl (C=O) groups is 2. The zero-order valence-electron chi connectivity index (χ0n) is 18.5. The molecule has 8 heteroatoms. The van der Waals surface area contributed by atoms with Crippen molar-refractivity contribution in [1.29, 1.82) is 0 Å². The number of nitrogens with zero attached hydrogens (tertiary/aromatic N) is 3. The topological polar surface area (TPSA) is 81.5 Å². The van der Waals surface area contributed by atoms with Crippen LogP contribution in [0.5, 0.6) is 0 Å². The van der Waals surface area contributed by atoms with Gasteiger partial charge in [0.15, 0.2) is 5.16 Å². The fourth-order valence-electron chi connectivity index (χ4n) is 3.77. The monoisotopic (exact) mass is 445 g/mol. The van der Waals surface area contributed by atoms with Crippen LogP contribution < -0.4 is 5.56 Å². The van der Waals surface area contributed by atoms with Crippen LogP contribution in [0.15, 0.2) is 34.2 Å². The zero-order chi connectivity index (χ0) is 22.4. The molecule has 1 fully saturated rings. The third-order valence-corrected chi connectivity index (χ3v) is 6.42. The average Bonchev–Trinajstić information content (AvgIpc) is 2.77. The third kappa shape index (κ3) is 5.67. The molecular weight excluding hydrogens is 414 g/mol. The molecule has 31 heavy (non-hydrogen) atoms. The lowest BCUT2D eigenvalue weighted by Gasteiger charge is -2.34. The number of benzene rings is 1. The molecule has 0 aliphatic carbocycles. The number of aromatic nitrogens is 2. The molecule has 1 saturated heterocycles. The normalized spacial score (nSPS) is 16.6. The van der Waals surface area contributed by atoms with Gasteiger partial charge in [0.1, 0.15) is 6.04 Å². The number of esters is 1. The van der Waals surface area contributed by atoms with E-state index in [-0.39, 0.29) is 23.2 Å². The Hall–Kier alpha value is -2.35. The summed E-state index contributed by atoms with van der Waals surface area (Å²) in [7, 11) is 0. The lowest BCUT2D eigenvalue weighted by atomic mass is 10.0. The van der Waals surface area contributed by atoms with Crippen LogP contribution in [0, 0.1) is 5.92 Å². The quantitative estimate of drug-likeness (QED) is 0.352. The fourth-order valence-corrected chi connectivity index (χ4v) is 4.68. The summed E-state index contributed by atoms with van der Waals surface area (Å²) in [6, 6.07) is 6.77.